The normalized spacial score (nSPS) is 11.3. The molecule has 0 saturated carbocycles. The Bertz CT molecular complexity index is 833. The summed E-state index contributed by atoms with van der Waals surface area (Å²) in [6.07, 6.45) is 3.45. The molecule has 3 rings (SSSR count). The molecule has 0 aliphatic heterocycles. The van der Waals surface area contributed by atoms with E-state index in [0.717, 1.165) is 29.6 Å². The summed E-state index contributed by atoms with van der Waals surface area (Å²) >= 11 is 0. The number of hydrogen-bond acceptors (Lipinski definition) is 2. The topological polar surface area (TPSA) is 60.0 Å². The summed E-state index contributed by atoms with van der Waals surface area (Å²) in [5, 5.41) is 4.08. The zero-order chi connectivity index (χ0) is 16.9. The Hall–Kier alpha value is -2.01. The molecule has 4 nitrogen and oxygen atoms in total. The number of anilines is 1. The molecule has 6 heteroatoms. The van der Waals surface area contributed by atoms with Crippen molar-refractivity contribution in [2.45, 2.75) is 32.4 Å². The van der Waals surface area contributed by atoms with Gasteiger partial charge in [-0.25, -0.2) is 0 Å². The number of fused-ring (bicyclic) bond motifs is 1. The van der Waals surface area contributed by atoms with Crippen molar-refractivity contribution in [2.75, 3.05) is 5.32 Å². The van der Waals surface area contributed by atoms with E-state index in [4.69, 9.17) is 5.73 Å². The van der Waals surface area contributed by atoms with Gasteiger partial charge in [-0.2, -0.15) is 0 Å². The Labute approximate surface area is 166 Å². The maximum absolute atomic E-state index is 12.2. The van der Waals surface area contributed by atoms with E-state index in [0.29, 0.717) is 0 Å². The second kappa shape index (κ2) is 10.2. The van der Waals surface area contributed by atoms with Gasteiger partial charge in [0.15, 0.2) is 0 Å². The average Bonchev–Trinajstić information content (AvgIpc) is 2.98. The van der Waals surface area contributed by atoms with Crippen LogP contribution >= 0.6 is 24.8 Å². The summed E-state index contributed by atoms with van der Waals surface area (Å²) in [5.41, 5.74) is 9.08. The first-order valence-corrected chi connectivity index (χ1v) is 8.36. The zero-order valence-electron chi connectivity index (χ0n) is 14.7. The minimum Gasteiger partial charge on any atom is -0.347 e. The van der Waals surface area contributed by atoms with Gasteiger partial charge in [0, 0.05) is 41.8 Å². The lowest BCUT2D eigenvalue weighted by atomic mass is 10.0. The van der Waals surface area contributed by atoms with Gasteiger partial charge >= 0.3 is 0 Å². The first-order valence-electron chi connectivity index (χ1n) is 8.36. The van der Waals surface area contributed by atoms with Gasteiger partial charge in [0.1, 0.15) is 0 Å². The Balaban J connectivity index is 0.00000169. The molecule has 0 aliphatic rings. The van der Waals surface area contributed by atoms with Crippen molar-refractivity contribution in [3.05, 3.63) is 66.4 Å². The molecular weight excluding hydrogens is 369 g/mol. The van der Waals surface area contributed by atoms with Gasteiger partial charge in [-0.1, -0.05) is 37.3 Å². The maximum atomic E-state index is 12.2. The molecule has 0 aliphatic carbocycles. The molecule has 0 fully saturated rings. The smallest absolute Gasteiger partial charge is 0.226 e. The number of carbonyl (C=O) groups is 1. The van der Waals surface area contributed by atoms with Crippen LogP contribution in [0.4, 0.5) is 5.69 Å². The standard InChI is InChI=1S/C20H23N3O.2ClH/c1-2-11-23-12-10-16-13-17(8-9-19(16)23)22-20(24)14-18(21)15-6-4-3-5-7-15;;/h3-10,12-13,18H,2,11,14,21H2,1H3,(H,22,24);2*1H. The van der Waals surface area contributed by atoms with Crippen LogP contribution in [0.3, 0.4) is 0 Å². The third kappa shape index (κ3) is 5.24. The summed E-state index contributed by atoms with van der Waals surface area (Å²) in [4.78, 5) is 12.2. The Morgan fingerprint density at radius 2 is 1.85 bits per heavy atom. The number of halogens is 2. The summed E-state index contributed by atoms with van der Waals surface area (Å²) < 4.78 is 2.23. The Kier molecular flexibility index (Phi) is 8.66. The van der Waals surface area contributed by atoms with Gasteiger partial charge in [0.25, 0.3) is 0 Å². The van der Waals surface area contributed by atoms with Crippen LogP contribution in [0.1, 0.15) is 31.4 Å². The van der Waals surface area contributed by atoms with E-state index in [1.165, 1.54) is 5.52 Å². The van der Waals surface area contributed by atoms with Gasteiger partial charge in [-0.3, -0.25) is 4.79 Å². The lowest BCUT2D eigenvalue weighted by Gasteiger charge is -2.12. The number of benzene rings is 2. The molecule has 1 aromatic heterocycles. The highest BCUT2D eigenvalue weighted by Gasteiger charge is 2.12. The van der Waals surface area contributed by atoms with Gasteiger partial charge in [-0.15, -0.1) is 24.8 Å². The number of aromatic nitrogens is 1. The number of amides is 1. The number of carbonyl (C=O) groups excluding carboxylic acids is 1. The van der Waals surface area contributed by atoms with Crippen molar-refractivity contribution < 1.29 is 4.79 Å². The van der Waals surface area contributed by atoms with E-state index in [-0.39, 0.29) is 43.2 Å². The summed E-state index contributed by atoms with van der Waals surface area (Å²) in [7, 11) is 0. The lowest BCUT2D eigenvalue weighted by molar-refractivity contribution is -0.116. The van der Waals surface area contributed by atoms with E-state index < -0.39 is 0 Å². The van der Waals surface area contributed by atoms with Crippen LogP contribution < -0.4 is 11.1 Å². The van der Waals surface area contributed by atoms with Crippen LogP contribution in [-0.2, 0) is 11.3 Å². The summed E-state index contributed by atoms with van der Waals surface area (Å²) in [5.74, 6) is -0.0707. The second-order valence-corrected chi connectivity index (χ2v) is 6.05. The van der Waals surface area contributed by atoms with Gasteiger partial charge in [0.2, 0.25) is 5.91 Å². The van der Waals surface area contributed by atoms with Crippen molar-refractivity contribution >= 4 is 47.3 Å². The number of hydrogen-bond donors (Lipinski definition) is 2. The summed E-state index contributed by atoms with van der Waals surface area (Å²) in [6, 6.07) is 17.5. The zero-order valence-corrected chi connectivity index (χ0v) is 16.4. The van der Waals surface area contributed by atoms with E-state index >= 15 is 0 Å². The summed E-state index contributed by atoms with van der Waals surface area (Å²) in [6.45, 7) is 3.16. The molecule has 0 radical (unpaired) electrons. The van der Waals surface area contributed by atoms with E-state index in [1.54, 1.807) is 0 Å². The maximum Gasteiger partial charge on any atom is 0.226 e. The number of nitrogens with one attached hydrogen (secondary N) is 1. The van der Waals surface area contributed by atoms with Crippen LogP contribution in [0, 0.1) is 0 Å². The molecule has 1 amide bonds. The second-order valence-electron chi connectivity index (χ2n) is 6.05. The van der Waals surface area contributed by atoms with Crippen LogP contribution in [-0.4, -0.2) is 10.5 Å². The van der Waals surface area contributed by atoms with Crippen molar-refractivity contribution in [1.29, 1.82) is 0 Å². The molecule has 2 aromatic carbocycles. The van der Waals surface area contributed by atoms with Gasteiger partial charge < -0.3 is 15.6 Å². The fourth-order valence-corrected chi connectivity index (χ4v) is 2.94. The number of nitrogens with zero attached hydrogens (tertiary/aromatic N) is 1. The van der Waals surface area contributed by atoms with Crippen molar-refractivity contribution in [2.24, 2.45) is 5.73 Å². The predicted octanol–water partition coefficient (Wildman–Crippen LogP) is 4.92. The number of nitrogens with two attached hydrogens (primary N) is 1. The van der Waals surface area contributed by atoms with E-state index in [2.05, 4.69) is 35.1 Å². The van der Waals surface area contributed by atoms with Crippen molar-refractivity contribution in [3.8, 4) is 0 Å². The highest BCUT2D eigenvalue weighted by atomic mass is 35.5. The SMILES string of the molecule is CCCn1ccc2cc(NC(=O)CC(N)c3ccccc3)ccc21.Cl.Cl. The third-order valence-electron chi connectivity index (χ3n) is 4.15. The first-order chi connectivity index (χ1) is 11.7. The Morgan fingerprint density at radius 3 is 2.54 bits per heavy atom. The average molecular weight is 394 g/mol. The fourth-order valence-electron chi connectivity index (χ4n) is 2.94. The first kappa shape index (κ1) is 22.0. The minimum atomic E-state index is -0.291. The molecule has 3 N–H and O–H groups in total. The van der Waals surface area contributed by atoms with E-state index in [9.17, 15) is 4.79 Å². The molecule has 3 aromatic rings. The monoisotopic (exact) mass is 393 g/mol. The Morgan fingerprint density at radius 1 is 1.12 bits per heavy atom. The minimum absolute atomic E-state index is 0. The quantitative estimate of drug-likeness (QED) is 0.623. The molecule has 0 bridgehead atoms. The highest BCUT2D eigenvalue weighted by Crippen LogP contribution is 2.22. The molecular formula is C20H25Cl2N3O. The molecule has 0 saturated heterocycles. The fraction of sp³-hybridized carbons (Fsp3) is 0.250. The van der Waals surface area contributed by atoms with Gasteiger partial charge in [-0.05, 0) is 36.2 Å². The largest absolute Gasteiger partial charge is 0.347 e. The number of aryl methyl sites for hydroxylation is 1. The predicted molar refractivity (Wildman–Crippen MR) is 113 cm³/mol. The van der Waals surface area contributed by atoms with Gasteiger partial charge in [0.05, 0.1) is 0 Å². The molecule has 140 valence electrons. The molecule has 1 heterocycles. The van der Waals surface area contributed by atoms with Crippen molar-refractivity contribution in [3.63, 3.8) is 0 Å². The molecule has 26 heavy (non-hydrogen) atoms. The number of rotatable bonds is 6. The van der Waals surface area contributed by atoms with E-state index in [1.807, 2.05) is 42.5 Å². The highest BCUT2D eigenvalue weighted by molar-refractivity contribution is 5.94. The molecule has 1 unspecified atom stereocenters. The van der Waals surface area contributed by atoms with Crippen molar-refractivity contribution in [1.82, 2.24) is 4.57 Å². The lowest BCUT2D eigenvalue weighted by Crippen LogP contribution is -2.20. The van der Waals surface area contributed by atoms with Crippen LogP contribution in [0.2, 0.25) is 0 Å². The molecule has 1 atom stereocenters. The van der Waals surface area contributed by atoms with Crippen LogP contribution in [0.15, 0.2) is 60.8 Å². The van der Waals surface area contributed by atoms with Crippen LogP contribution in [0.25, 0.3) is 10.9 Å². The van der Waals surface area contributed by atoms with Crippen LogP contribution in [0.5, 0.6) is 0 Å². The molecule has 0 spiro atoms. The third-order valence-corrected chi connectivity index (χ3v) is 4.15.